The van der Waals surface area contributed by atoms with Gasteiger partial charge in [0.05, 0.1) is 17.4 Å². The normalized spacial score (nSPS) is 17.5. The van der Waals surface area contributed by atoms with Crippen LogP contribution in [0.3, 0.4) is 0 Å². The summed E-state index contributed by atoms with van der Waals surface area (Å²) in [4.78, 5) is 12.0. The number of rotatable bonds is 5. The maximum absolute atomic E-state index is 14.2. The van der Waals surface area contributed by atoms with Crippen molar-refractivity contribution in [3.8, 4) is 5.69 Å². The molecule has 140 valence electrons. The molecule has 26 heavy (non-hydrogen) atoms. The molecule has 1 aromatic carbocycles. The average Bonchev–Trinajstić information content (AvgIpc) is 2.90. The first-order valence-electron chi connectivity index (χ1n) is 8.69. The number of carbonyl (C=O) groups excluding carboxylic acids is 1. The van der Waals surface area contributed by atoms with Gasteiger partial charge in [0.25, 0.3) is 5.91 Å². The number of nitrogens with one attached hydrogen (secondary N) is 1. The van der Waals surface area contributed by atoms with E-state index in [0.717, 1.165) is 17.1 Å². The van der Waals surface area contributed by atoms with Crippen molar-refractivity contribution >= 4 is 5.91 Å². The van der Waals surface area contributed by atoms with Crippen LogP contribution in [0.25, 0.3) is 5.69 Å². The van der Waals surface area contributed by atoms with Crippen molar-refractivity contribution in [2.24, 2.45) is 0 Å². The fraction of sp³-hybridized carbons (Fsp3) is 0.474. The Morgan fingerprint density at radius 1 is 1.31 bits per heavy atom. The summed E-state index contributed by atoms with van der Waals surface area (Å²) in [7, 11) is 0. The summed E-state index contributed by atoms with van der Waals surface area (Å²) in [5.41, 5.74) is 1.23. The summed E-state index contributed by atoms with van der Waals surface area (Å²) in [6, 6.07) is 8.56. The van der Waals surface area contributed by atoms with E-state index in [0.29, 0.717) is 12.0 Å². The van der Waals surface area contributed by atoms with Crippen LogP contribution < -0.4 is 5.32 Å². The van der Waals surface area contributed by atoms with E-state index in [1.54, 1.807) is 23.7 Å². The van der Waals surface area contributed by atoms with E-state index in [2.05, 4.69) is 10.4 Å². The van der Waals surface area contributed by atoms with Crippen molar-refractivity contribution in [2.75, 3.05) is 0 Å². The van der Waals surface area contributed by atoms with Gasteiger partial charge in [-0.1, -0.05) is 12.1 Å². The number of aliphatic hydroxyl groups is 1. The molecule has 1 heterocycles. The Morgan fingerprint density at radius 2 is 1.92 bits per heavy atom. The van der Waals surface area contributed by atoms with Crippen LogP contribution in [0.1, 0.15) is 49.2 Å². The minimum Gasteiger partial charge on any atom is -0.383 e. The maximum Gasteiger partial charge on any atom is 0.352 e. The third kappa shape index (κ3) is 3.11. The fourth-order valence-corrected chi connectivity index (χ4v) is 3.20. The minimum absolute atomic E-state index is 0.0564. The van der Waals surface area contributed by atoms with Crippen molar-refractivity contribution in [1.29, 1.82) is 0 Å². The molecule has 7 heteroatoms. The number of amides is 1. The second-order valence-electron chi connectivity index (χ2n) is 7.09. The smallest absolute Gasteiger partial charge is 0.352 e. The summed E-state index contributed by atoms with van der Waals surface area (Å²) >= 11 is 0. The standard InChI is InChI=1S/C19H23F2N3O2/c1-12-11-13(2)24(23-12)16-7-5-15(6-8-16)14(3)22-17(25)19(20,21)18(26)9-4-10-18/h5-8,11,14,26H,4,9-10H2,1-3H3,(H,22,25)/t14-/m0/s1. The van der Waals surface area contributed by atoms with E-state index < -0.39 is 23.5 Å². The molecule has 1 atom stereocenters. The number of aromatic nitrogens is 2. The maximum atomic E-state index is 14.2. The molecule has 1 aliphatic rings. The lowest BCUT2D eigenvalue weighted by Gasteiger charge is -2.41. The lowest BCUT2D eigenvalue weighted by atomic mass is 9.75. The van der Waals surface area contributed by atoms with Crippen LogP contribution in [0, 0.1) is 13.8 Å². The van der Waals surface area contributed by atoms with Crippen LogP contribution in [-0.2, 0) is 4.79 Å². The molecule has 1 aromatic heterocycles. The zero-order valence-corrected chi connectivity index (χ0v) is 15.1. The first kappa shape index (κ1) is 18.5. The number of alkyl halides is 2. The molecular weight excluding hydrogens is 340 g/mol. The quantitative estimate of drug-likeness (QED) is 0.857. The number of benzene rings is 1. The highest BCUT2D eigenvalue weighted by atomic mass is 19.3. The molecule has 1 saturated carbocycles. The SMILES string of the molecule is Cc1cc(C)n(-c2ccc([C@H](C)NC(=O)C(F)(F)C3(O)CCC3)cc2)n1. The van der Waals surface area contributed by atoms with E-state index in [1.807, 2.05) is 32.0 Å². The van der Waals surface area contributed by atoms with Crippen LogP contribution in [-0.4, -0.2) is 32.3 Å². The Kier molecular flexibility index (Phi) is 4.60. The van der Waals surface area contributed by atoms with Crippen molar-refractivity contribution in [1.82, 2.24) is 15.1 Å². The first-order chi connectivity index (χ1) is 12.1. The van der Waals surface area contributed by atoms with Gasteiger partial charge in [0.15, 0.2) is 0 Å². The van der Waals surface area contributed by atoms with E-state index in [-0.39, 0.29) is 12.8 Å². The van der Waals surface area contributed by atoms with Crippen LogP contribution in [0.5, 0.6) is 0 Å². The average molecular weight is 363 g/mol. The van der Waals surface area contributed by atoms with Crippen LogP contribution in [0.2, 0.25) is 0 Å². The lowest BCUT2D eigenvalue weighted by molar-refractivity contribution is -0.216. The Morgan fingerprint density at radius 3 is 2.38 bits per heavy atom. The molecule has 1 amide bonds. The Labute approximate surface area is 151 Å². The molecule has 0 radical (unpaired) electrons. The Hall–Kier alpha value is -2.28. The zero-order chi connectivity index (χ0) is 19.1. The summed E-state index contributed by atoms with van der Waals surface area (Å²) in [5.74, 6) is -5.22. The second-order valence-corrected chi connectivity index (χ2v) is 7.09. The predicted molar refractivity (Wildman–Crippen MR) is 93.3 cm³/mol. The van der Waals surface area contributed by atoms with Crippen molar-refractivity contribution in [3.63, 3.8) is 0 Å². The lowest BCUT2D eigenvalue weighted by Crippen LogP contribution is -2.60. The zero-order valence-electron chi connectivity index (χ0n) is 15.1. The predicted octanol–water partition coefficient (Wildman–Crippen LogP) is 3.22. The highest BCUT2D eigenvalue weighted by molar-refractivity contribution is 5.85. The van der Waals surface area contributed by atoms with Crippen LogP contribution >= 0.6 is 0 Å². The number of nitrogens with zero attached hydrogens (tertiary/aromatic N) is 2. The van der Waals surface area contributed by atoms with Crippen molar-refractivity contribution in [2.45, 2.75) is 57.6 Å². The summed E-state index contributed by atoms with van der Waals surface area (Å²) < 4.78 is 30.2. The summed E-state index contributed by atoms with van der Waals surface area (Å²) in [6.07, 6.45) is 0.390. The largest absolute Gasteiger partial charge is 0.383 e. The molecule has 0 saturated heterocycles. The first-order valence-corrected chi connectivity index (χ1v) is 8.69. The van der Waals surface area contributed by atoms with Crippen LogP contribution in [0.4, 0.5) is 8.78 Å². The molecule has 5 nitrogen and oxygen atoms in total. The van der Waals surface area contributed by atoms with E-state index >= 15 is 0 Å². The molecule has 3 rings (SSSR count). The van der Waals surface area contributed by atoms with Gasteiger partial charge in [-0.05, 0) is 63.8 Å². The van der Waals surface area contributed by atoms with Gasteiger partial charge in [-0.25, -0.2) is 4.68 Å². The summed E-state index contributed by atoms with van der Waals surface area (Å²) in [5, 5.41) is 16.6. The molecule has 0 bridgehead atoms. The third-order valence-corrected chi connectivity index (χ3v) is 5.05. The van der Waals surface area contributed by atoms with Gasteiger partial charge in [-0.15, -0.1) is 0 Å². The number of halogens is 2. The van der Waals surface area contributed by atoms with E-state index in [1.165, 1.54) is 0 Å². The molecular formula is C19H23F2N3O2. The molecule has 0 aliphatic heterocycles. The summed E-state index contributed by atoms with van der Waals surface area (Å²) in [6.45, 7) is 5.49. The number of aryl methyl sites for hydroxylation is 2. The minimum atomic E-state index is -3.79. The highest BCUT2D eigenvalue weighted by Crippen LogP contribution is 2.44. The number of carbonyl (C=O) groups is 1. The number of hydrogen-bond donors (Lipinski definition) is 2. The van der Waals surface area contributed by atoms with Crippen molar-refractivity contribution < 1.29 is 18.7 Å². The van der Waals surface area contributed by atoms with Crippen molar-refractivity contribution in [3.05, 3.63) is 47.3 Å². The molecule has 2 N–H and O–H groups in total. The Balaban J connectivity index is 1.71. The molecule has 1 fully saturated rings. The number of hydrogen-bond acceptors (Lipinski definition) is 3. The van der Waals surface area contributed by atoms with Gasteiger partial charge < -0.3 is 10.4 Å². The Bertz CT molecular complexity index is 811. The monoisotopic (exact) mass is 363 g/mol. The van der Waals surface area contributed by atoms with E-state index in [9.17, 15) is 18.7 Å². The third-order valence-electron chi connectivity index (χ3n) is 5.05. The van der Waals surface area contributed by atoms with E-state index in [4.69, 9.17) is 0 Å². The molecule has 0 spiro atoms. The van der Waals surface area contributed by atoms with Gasteiger partial charge in [-0.2, -0.15) is 13.9 Å². The van der Waals surface area contributed by atoms with Crippen LogP contribution in [0.15, 0.2) is 30.3 Å². The molecule has 2 aromatic rings. The topological polar surface area (TPSA) is 67.2 Å². The second kappa shape index (κ2) is 6.46. The van der Waals surface area contributed by atoms with Gasteiger partial charge in [0.2, 0.25) is 0 Å². The van der Waals surface area contributed by atoms with Gasteiger partial charge in [-0.3, -0.25) is 4.79 Å². The van der Waals surface area contributed by atoms with Gasteiger partial charge >= 0.3 is 5.92 Å². The van der Waals surface area contributed by atoms with Gasteiger partial charge in [0.1, 0.15) is 5.60 Å². The molecule has 0 unspecified atom stereocenters. The van der Waals surface area contributed by atoms with Gasteiger partial charge in [0, 0.05) is 5.69 Å². The highest BCUT2D eigenvalue weighted by Gasteiger charge is 2.61. The molecule has 1 aliphatic carbocycles. The fourth-order valence-electron chi connectivity index (χ4n) is 3.20.